The summed E-state index contributed by atoms with van der Waals surface area (Å²) in [6.45, 7) is 0. The van der Waals surface area contributed by atoms with Crippen LogP contribution in [-0.2, 0) is 9.53 Å². The molecule has 5 unspecified atom stereocenters. The zero-order chi connectivity index (χ0) is 15.7. The maximum absolute atomic E-state index is 12.9. The normalized spacial score (nSPS) is 32.7. The van der Waals surface area contributed by atoms with Crippen molar-refractivity contribution in [1.82, 2.24) is 9.97 Å². The molecule has 116 valence electrons. The summed E-state index contributed by atoms with van der Waals surface area (Å²) in [5.41, 5.74) is 5.19. The summed E-state index contributed by atoms with van der Waals surface area (Å²) in [5.74, 6) is -2.99. The van der Waals surface area contributed by atoms with Crippen molar-refractivity contribution in [1.29, 1.82) is 0 Å². The Balaban J connectivity index is 2.17. The number of rotatable bonds is 3. The van der Waals surface area contributed by atoms with Crippen molar-refractivity contribution in [3.63, 3.8) is 0 Å². The second kappa shape index (κ2) is 5.73. The van der Waals surface area contributed by atoms with Gasteiger partial charge in [-0.1, -0.05) is 0 Å². The lowest BCUT2D eigenvalue weighted by Gasteiger charge is -2.37. The third-order valence-corrected chi connectivity index (χ3v) is 2.78. The summed E-state index contributed by atoms with van der Waals surface area (Å²) in [5, 5.41) is 37.6. The highest BCUT2D eigenvalue weighted by molar-refractivity contribution is 5.73. The fourth-order valence-electron chi connectivity index (χ4n) is 1.67. The number of halogens is 1. The van der Waals surface area contributed by atoms with Crippen LogP contribution in [0.15, 0.2) is 6.20 Å². The number of nitrogen functional groups attached to an aromatic ring is 1. The summed E-state index contributed by atoms with van der Waals surface area (Å²) in [6, 6.07) is -0.495. The highest BCUT2D eigenvalue weighted by Crippen LogP contribution is 2.23. The van der Waals surface area contributed by atoms with Gasteiger partial charge in [-0.15, -0.1) is 0 Å². The van der Waals surface area contributed by atoms with E-state index in [2.05, 4.69) is 9.97 Å². The minimum absolute atomic E-state index is 0.495. The van der Waals surface area contributed by atoms with Gasteiger partial charge in [0.15, 0.2) is 17.7 Å². The Labute approximate surface area is 116 Å². The molecule has 2 rings (SSSR count). The third kappa shape index (κ3) is 3.00. The summed E-state index contributed by atoms with van der Waals surface area (Å²) in [6.07, 6.45) is -8.27. The molecule has 1 saturated heterocycles. The fraction of sp³-hybridized carbons (Fsp3) is 0.500. The topological polar surface area (TPSA) is 168 Å². The van der Waals surface area contributed by atoms with Crippen LogP contribution < -0.4 is 10.5 Å². The molecular weight excluding hydrogens is 293 g/mol. The number of aliphatic hydroxyl groups is 3. The molecule has 0 aliphatic carbocycles. The van der Waals surface area contributed by atoms with Gasteiger partial charge < -0.3 is 35.6 Å². The van der Waals surface area contributed by atoms with Crippen molar-refractivity contribution in [3.8, 4) is 6.01 Å². The number of ether oxygens (including phenoxy) is 2. The number of nitrogens with two attached hydrogens (primary N) is 1. The number of carbonyl (C=O) groups is 1. The first-order valence-corrected chi connectivity index (χ1v) is 5.68. The molecule has 1 aromatic heterocycles. The number of aliphatic carboxylic acids is 1. The largest absolute Gasteiger partial charge is 0.479 e. The van der Waals surface area contributed by atoms with Crippen molar-refractivity contribution in [2.24, 2.45) is 0 Å². The Bertz CT molecular complexity index is 545. The lowest BCUT2D eigenvalue weighted by Crippen LogP contribution is -2.61. The summed E-state index contributed by atoms with van der Waals surface area (Å²) >= 11 is 0. The van der Waals surface area contributed by atoms with Gasteiger partial charge in [-0.05, 0) is 0 Å². The van der Waals surface area contributed by atoms with E-state index < -0.39 is 54.3 Å². The quantitative estimate of drug-likeness (QED) is 0.401. The van der Waals surface area contributed by atoms with Gasteiger partial charge >= 0.3 is 12.0 Å². The molecule has 21 heavy (non-hydrogen) atoms. The smallest absolute Gasteiger partial charge is 0.335 e. The van der Waals surface area contributed by atoms with Crippen molar-refractivity contribution in [2.75, 3.05) is 5.73 Å². The van der Waals surface area contributed by atoms with E-state index in [0.29, 0.717) is 6.20 Å². The fourth-order valence-corrected chi connectivity index (χ4v) is 1.67. The third-order valence-electron chi connectivity index (χ3n) is 2.78. The molecular formula is C10H12FN3O7. The van der Waals surface area contributed by atoms with E-state index in [0.717, 1.165) is 0 Å². The Hall–Kier alpha value is -2.08. The predicted molar refractivity (Wildman–Crippen MR) is 61.3 cm³/mol. The molecule has 11 heteroatoms. The Morgan fingerprint density at radius 2 is 2.00 bits per heavy atom. The van der Waals surface area contributed by atoms with Crippen LogP contribution in [0.1, 0.15) is 0 Å². The van der Waals surface area contributed by atoms with E-state index in [4.69, 9.17) is 20.3 Å². The number of nitrogens with zero attached hydrogens (tertiary/aromatic N) is 2. The van der Waals surface area contributed by atoms with Gasteiger partial charge in [0.1, 0.15) is 18.3 Å². The second-order valence-electron chi connectivity index (χ2n) is 4.24. The SMILES string of the molecule is Nc1nc(OC2OC(C(=O)O)C(O)C(O)C2O)ncc1F. The molecule has 0 radical (unpaired) electrons. The molecule has 6 N–H and O–H groups in total. The van der Waals surface area contributed by atoms with E-state index in [1.165, 1.54) is 0 Å². The number of aromatic nitrogens is 2. The Morgan fingerprint density at radius 1 is 1.33 bits per heavy atom. The lowest BCUT2D eigenvalue weighted by atomic mass is 9.99. The number of anilines is 1. The van der Waals surface area contributed by atoms with E-state index in [-0.39, 0.29) is 0 Å². The van der Waals surface area contributed by atoms with Crippen LogP contribution in [0.4, 0.5) is 10.2 Å². The standard InChI is InChI=1S/C10H12FN3O7/c11-2-1-13-10(14-7(2)12)21-9-5(17)3(15)4(16)6(20-9)8(18)19/h1,3-6,9,15-17H,(H,18,19)(H2,12,13,14). The van der Waals surface area contributed by atoms with Gasteiger partial charge in [0.05, 0.1) is 6.20 Å². The molecule has 1 aromatic rings. The average molecular weight is 305 g/mol. The van der Waals surface area contributed by atoms with Crippen molar-refractivity contribution < 1.29 is 39.1 Å². The molecule has 5 atom stereocenters. The van der Waals surface area contributed by atoms with E-state index in [1.807, 2.05) is 0 Å². The van der Waals surface area contributed by atoms with Crippen LogP contribution in [0.5, 0.6) is 6.01 Å². The van der Waals surface area contributed by atoms with Gasteiger partial charge in [-0.25, -0.2) is 14.2 Å². The van der Waals surface area contributed by atoms with Crippen LogP contribution in [0.2, 0.25) is 0 Å². The number of hydrogen-bond donors (Lipinski definition) is 5. The molecule has 0 bridgehead atoms. The highest BCUT2D eigenvalue weighted by atomic mass is 19.1. The maximum atomic E-state index is 12.9. The minimum Gasteiger partial charge on any atom is -0.479 e. The first-order chi connectivity index (χ1) is 9.81. The molecule has 0 spiro atoms. The molecule has 0 saturated carbocycles. The lowest BCUT2D eigenvalue weighted by molar-refractivity contribution is -0.272. The average Bonchev–Trinajstić information content (AvgIpc) is 2.43. The number of hydrogen-bond acceptors (Lipinski definition) is 9. The molecule has 1 fully saturated rings. The predicted octanol–water partition coefficient (Wildman–Crippen LogP) is -2.53. The number of carboxylic acids is 1. The number of aliphatic hydroxyl groups excluding tert-OH is 3. The summed E-state index contributed by atoms with van der Waals surface area (Å²) in [4.78, 5) is 17.7. The van der Waals surface area contributed by atoms with Crippen LogP contribution in [-0.4, -0.2) is 67.1 Å². The summed E-state index contributed by atoms with van der Waals surface area (Å²) < 4.78 is 22.6. The number of carboxylic acid groups (broad SMARTS) is 1. The monoisotopic (exact) mass is 305 g/mol. The van der Waals surface area contributed by atoms with Crippen LogP contribution >= 0.6 is 0 Å². The second-order valence-corrected chi connectivity index (χ2v) is 4.24. The maximum Gasteiger partial charge on any atom is 0.335 e. The Kier molecular flexibility index (Phi) is 4.18. The molecule has 1 aliphatic heterocycles. The zero-order valence-electron chi connectivity index (χ0n) is 10.3. The molecule has 10 nitrogen and oxygen atoms in total. The van der Waals surface area contributed by atoms with E-state index in [1.54, 1.807) is 0 Å². The van der Waals surface area contributed by atoms with Gasteiger partial charge in [-0.2, -0.15) is 4.98 Å². The zero-order valence-corrected chi connectivity index (χ0v) is 10.3. The van der Waals surface area contributed by atoms with Crippen LogP contribution in [0, 0.1) is 5.82 Å². The summed E-state index contributed by atoms with van der Waals surface area (Å²) in [7, 11) is 0. The molecule has 0 amide bonds. The highest BCUT2D eigenvalue weighted by Gasteiger charge is 2.48. The van der Waals surface area contributed by atoms with Crippen LogP contribution in [0.25, 0.3) is 0 Å². The van der Waals surface area contributed by atoms with Gasteiger partial charge in [0, 0.05) is 0 Å². The Morgan fingerprint density at radius 3 is 2.57 bits per heavy atom. The van der Waals surface area contributed by atoms with Gasteiger partial charge in [0.2, 0.25) is 6.29 Å². The first-order valence-electron chi connectivity index (χ1n) is 5.68. The molecule has 1 aliphatic rings. The molecule has 0 aromatic carbocycles. The van der Waals surface area contributed by atoms with E-state index in [9.17, 15) is 24.5 Å². The van der Waals surface area contributed by atoms with Crippen molar-refractivity contribution >= 4 is 11.8 Å². The van der Waals surface area contributed by atoms with Crippen LogP contribution in [0.3, 0.4) is 0 Å². The van der Waals surface area contributed by atoms with Gasteiger partial charge in [-0.3, -0.25) is 0 Å². The van der Waals surface area contributed by atoms with Gasteiger partial charge in [0.25, 0.3) is 0 Å². The first kappa shape index (κ1) is 15.3. The van der Waals surface area contributed by atoms with E-state index >= 15 is 0 Å². The minimum atomic E-state index is -1.85. The molecule has 2 heterocycles. The van der Waals surface area contributed by atoms with Crippen molar-refractivity contribution in [2.45, 2.75) is 30.7 Å². The van der Waals surface area contributed by atoms with Crippen molar-refractivity contribution in [3.05, 3.63) is 12.0 Å².